The molecule has 4 heterocycles. The second-order valence-electron chi connectivity index (χ2n) is 15.3. The van der Waals surface area contributed by atoms with Crippen molar-refractivity contribution in [3.63, 3.8) is 0 Å². The maximum Gasteiger partial charge on any atom is 0.403 e. The zero-order valence-corrected chi connectivity index (χ0v) is 26.4. The van der Waals surface area contributed by atoms with E-state index in [4.69, 9.17) is 4.74 Å². The maximum absolute atomic E-state index is 15.3. The van der Waals surface area contributed by atoms with Gasteiger partial charge in [-0.15, -0.1) is 0 Å². The summed E-state index contributed by atoms with van der Waals surface area (Å²) in [5.74, 6) is -6.03. The highest BCUT2D eigenvalue weighted by atomic mass is 19.4. The van der Waals surface area contributed by atoms with Crippen LogP contribution in [-0.4, -0.2) is 87.6 Å². The van der Waals surface area contributed by atoms with Crippen LogP contribution in [0.15, 0.2) is 12.3 Å². The third-order valence-corrected chi connectivity index (χ3v) is 11.4. The van der Waals surface area contributed by atoms with Gasteiger partial charge in [0.05, 0.1) is 18.8 Å². The zero-order valence-electron chi connectivity index (χ0n) is 26.4. The molecule has 4 amide bonds. The molecule has 48 heavy (non-hydrogen) atoms. The Morgan fingerprint density at radius 1 is 1.17 bits per heavy atom. The first kappa shape index (κ1) is 32.5. The molecule has 3 aliphatic heterocycles. The molecule has 5 fully saturated rings. The SMILES string of the molecule is CC(C)(C)C(NC(=O)C1(C(F)(F)F)CC1)C(=O)N1CC2C3CC(F)C(C3)C2C1C(=O)N1CC2(CC1C#N)Oc1cc(F)cnc1NC2=O. The lowest BCUT2D eigenvalue weighted by Gasteiger charge is -2.39. The van der Waals surface area contributed by atoms with Gasteiger partial charge in [-0.25, -0.2) is 13.8 Å². The third-order valence-electron chi connectivity index (χ3n) is 11.4. The first-order valence-electron chi connectivity index (χ1n) is 16.1. The quantitative estimate of drug-likeness (QED) is 0.466. The predicted octanol–water partition coefficient (Wildman–Crippen LogP) is 3.11. The van der Waals surface area contributed by atoms with E-state index in [-0.39, 0.29) is 42.8 Å². The summed E-state index contributed by atoms with van der Waals surface area (Å²) in [6, 6.07) is -0.953. The number of nitrogens with zero attached hydrogens (tertiary/aromatic N) is 4. The van der Waals surface area contributed by atoms with Gasteiger partial charge in [0, 0.05) is 19.0 Å². The van der Waals surface area contributed by atoms with Crippen molar-refractivity contribution in [2.24, 2.45) is 34.5 Å². The van der Waals surface area contributed by atoms with Crippen molar-refractivity contribution in [3.05, 3.63) is 18.1 Å². The minimum atomic E-state index is -4.81. The molecule has 6 aliphatic rings. The summed E-state index contributed by atoms with van der Waals surface area (Å²) in [7, 11) is 0. The van der Waals surface area contributed by atoms with Crippen molar-refractivity contribution in [1.29, 1.82) is 5.26 Å². The van der Waals surface area contributed by atoms with Crippen LogP contribution in [0.4, 0.5) is 27.8 Å². The summed E-state index contributed by atoms with van der Waals surface area (Å²) >= 11 is 0. The molecule has 3 saturated carbocycles. The number of pyridine rings is 1. The summed E-state index contributed by atoms with van der Waals surface area (Å²) in [6.07, 6.45) is -5.49. The summed E-state index contributed by atoms with van der Waals surface area (Å²) < 4.78 is 76.7. The molecule has 1 aromatic heterocycles. The Morgan fingerprint density at radius 3 is 2.50 bits per heavy atom. The van der Waals surface area contributed by atoms with E-state index in [2.05, 4.69) is 15.6 Å². The number of fused-ring (bicyclic) bond motifs is 6. The second kappa shape index (κ2) is 10.5. The Morgan fingerprint density at radius 2 is 1.88 bits per heavy atom. The maximum atomic E-state index is 15.3. The van der Waals surface area contributed by atoms with Gasteiger partial charge in [-0.1, -0.05) is 20.8 Å². The molecule has 1 spiro atoms. The fourth-order valence-electron chi connectivity index (χ4n) is 8.80. The Bertz CT molecular complexity index is 1640. The van der Waals surface area contributed by atoms with Gasteiger partial charge in [-0.2, -0.15) is 18.4 Å². The van der Waals surface area contributed by atoms with Crippen LogP contribution in [0.2, 0.25) is 0 Å². The van der Waals surface area contributed by atoms with Crippen molar-refractivity contribution < 1.29 is 45.9 Å². The van der Waals surface area contributed by atoms with Crippen molar-refractivity contribution in [2.45, 2.75) is 88.9 Å². The minimum Gasteiger partial charge on any atom is -0.471 e. The molecule has 1 aromatic rings. The van der Waals surface area contributed by atoms with E-state index in [1.165, 1.54) is 4.90 Å². The van der Waals surface area contributed by atoms with Crippen LogP contribution in [0.3, 0.4) is 0 Å². The molecule has 258 valence electrons. The molecule has 2 N–H and O–H groups in total. The third kappa shape index (κ3) is 4.74. The Kier molecular flexibility index (Phi) is 7.10. The lowest BCUT2D eigenvalue weighted by molar-refractivity contribution is -0.193. The number of anilines is 1. The van der Waals surface area contributed by atoms with Crippen molar-refractivity contribution >= 4 is 29.4 Å². The van der Waals surface area contributed by atoms with E-state index >= 15 is 4.39 Å². The normalized spacial score (nSPS) is 35.0. The predicted molar refractivity (Wildman–Crippen MR) is 155 cm³/mol. The van der Waals surface area contributed by atoms with Gasteiger partial charge in [0.2, 0.25) is 23.3 Å². The molecule has 0 radical (unpaired) electrons. The van der Waals surface area contributed by atoms with Crippen molar-refractivity contribution in [2.75, 3.05) is 18.4 Å². The fraction of sp³-hybridized carbons (Fsp3) is 0.688. The van der Waals surface area contributed by atoms with Gasteiger partial charge < -0.3 is 25.2 Å². The zero-order chi connectivity index (χ0) is 34.7. The van der Waals surface area contributed by atoms with Crippen LogP contribution >= 0.6 is 0 Å². The molecule has 16 heteroatoms. The number of amides is 4. The lowest BCUT2D eigenvalue weighted by atomic mass is 9.77. The fourth-order valence-corrected chi connectivity index (χ4v) is 8.80. The molecule has 11 nitrogen and oxygen atoms in total. The van der Waals surface area contributed by atoms with Gasteiger partial charge in [0.25, 0.3) is 5.91 Å². The van der Waals surface area contributed by atoms with E-state index in [1.54, 1.807) is 20.8 Å². The summed E-state index contributed by atoms with van der Waals surface area (Å²) in [4.78, 5) is 61.7. The molecule has 9 unspecified atom stereocenters. The summed E-state index contributed by atoms with van der Waals surface area (Å²) in [5.41, 5.74) is -5.46. The van der Waals surface area contributed by atoms with Crippen molar-refractivity contribution in [1.82, 2.24) is 20.1 Å². The number of aromatic nitrogens is 1. The van der Waals surface area contributed by atoms with E-state index < -0.39 is 108 Å². The number of carbonyl (C=O) groups is 4. The first-order chi connectivity index (χ1) is 22.4. The van der Waals surface area contributed by atoms with Crippen LogP contribution in [0, 0.1) is 51.6 Å². The molecule has 0 aromatic carbocycles. The van der Waals surface area contributed by atoms with E-state index in [1.807, 2.05) is 6.07 Å². The summed E-state index contributed by atoms with van der Waals surface area (Å²) in [6.45, 7) is 4.34. The van der Waals surface area contributed by atoms with Crippen molar-refractivity contribution in [3.8, 4) is 11.8 Å². The number of rotatable bonds is 4. The average Bonchev–Trinajstić information content (AvgIpc) is 3.25. The van der Waals surface area contributed by atoms with E-state index in [9.17, 15) is 42.0 Å². The number of hydrogen-bond acceptors (Lipinski definition) is 7. The van der Waals surface area contributed by atoms with Crippen LogP contribution in [-0.2, 0) is 19.2 Å². The van der Waals surface area contributed by atoms with Crippen LogP contribution in [0.1, 0.15) is 52.9 Å². The number of alkyl halides is 4. The molecule has 7 rings (SSSR count). The Hall–Kier alpha value is -4.03. The highest BCUT2D eigenvalue weighted by Crippen LogP contribution is 2.60. The topological polar surface area (TPSA) is 145 Å². The Balaban J connectivity index is 1.21. The molecule has 2 saturated heterocycles. The number of hydrogen-bond donors (Lipinski definition) is 2. The number of halogens is 5. The van der Waals surface area contributed by atoms with E-state index in [0.717, 1.165) is 17.2 Å². The van der Waals surface area contributed by atoms with Gasteiger partial charge in [-0.05, 0) is 54.8 Å². The lowest BCUT2D eigenvalue weighted by Crippen LogP contribution is -2.61. The standard InChI is InChI=1S/C32H35F5N6O5/c1-29(2,3)23(40-27(46)30(4-5-30)32(35,36)37)26(45)42-12-18-14-6-17(19(34)7-14)21(18)22(42)25(44)43-13-31(9-16(43)10-38)28(47)41-24-20(48-31)8-15(33)11-39-24/h8,11,14,16-19,21-23H,4-7,9,12-13H2,1-3H3,(H,40,46)(H,39,41,47). The van der Waals surface area contributed by atoms with E-state index in [0.29, 0.717) is 6.42 Å². The molecular weight excluding hydrogens is 643 g/mol. The van der Waals surface area contributed by atoms with Crippen LogP contribution in [0.25, 0.3) is 0 Å². The smallest absolute Gasteiger partial charge is 0.403 e. The average molecular weight is 679 g/mol. The monoisotopic (exact) mass is 678 g/mol. The second-order valence-corrected chi connectivity index (χ2v) is 15.3. The number of nitriles is 1. The molecular formula is C32H35F5N6O5. The van der Waals surface area contributed by atoms with Gasteiger partial charge in [0.1, 0.15) is 35.5 Å². The number of likely N-dealkylation sites (tertiary alicyclic amines) is 2. The molecule has 2 bridgehead atoms. The molecule has 3 aliphatic carbocycles. The highest BCUT2D eigenvalue weighted by Gasteiger charge is 2.70. The minimum absolute atomic E-state index is 0.0200. The molecule has 9 atom stereocenters. The Labute approximate surface area is 272 Å². The van der Waals surface area contributed by atoms with Gasteiger partial charge in [0.15, 0.2) is 11.6 Å². The number of carbonyl (C=O) groups excluding carboxylic acids is 4. The first-order valence-corrected chi connectivity index (χ1v) is 16.1. The highest BCUT2D eigenvalue weighted by molar-refractivity contribution is 6.01. The number of ether oxygens (including phenoxy) is 1. The van der Waals surface area contributed by atoms with Crippen LogP contribution in [0.5, 0.6) is 5.75 Å². The largest absolute Gasteiger partial charge is 0.471 e. The van der Waals surface area contributed by atoms with Crippen LogP contribution < -0.4 is 15.4 Å². The van der Waals surface area contributed by atoms with Gasteiger partial charge in [-0.3, -0.25) is 19.2 Å². The van der Waals surface area contributed by atoms with Gasteiger partial charge >= 0.3 is 6.18 Å². The number of nitrogens with one attached hydrogen (secondary N) is 2. The summed E-state index contributed by atoms with van der Waals surface area (Å²) in [5, 5.41) is 15.0.